The largest absolute Gasteiger partial charge is 0.493 e. The lowest BCUT2D eigenvalue weighted by atomic mass is 10.2. The number of aromatic nitrogens is 2. The number of carbonyl (C=O) groups is 1. The summed E-state index contributed by atoms with van der Waals surface area (Å²) in [5, 5.41) is 7.03. The van der Waals surface area contributed by atoms with Gasteiger partial charge in [-0.3, -0.25) is 4.68 Å². The van der Waals surface area contributed by atoms with Gasteiger partial charge in [0.1, 0.15) is 0 Å². The molecule has 1 aromatic carbocycles. The Morgan fingerprint density at radius 3 is 2.84 bits per heavy atom. The lowest BCUT2D eigenvalue weighted by Gasteiger charge is -2.19. The van der Waals surface area contributed by atoms with Crippen LogP contribution >= 0.6 is 0 Å². The summed E-state index contributed by atoms with van der Waals surface area (Å²) in [4.78, 5) is 13.9. The van der Waals surface area contributed by atoms with E-state index in [0.29, 0.717) is 31.2 Å². The fourth-order valence-corrected chi connectivity index (χ4v) is 2.43. The molecule has 2 aromatic rings. The minimum atomic E-state index is -0.159. The number of benzene rings is 1. The fraction of sp³-hybridized carbons (Fsp3) is 0.444. The maximum Gasteiger partial charge on any atom is 0.317 e. The monoisotopic (exact) mass is 346 g/mol. The molecular weight excluding hydrogens is 320 g/mol. The van der Waals surface area contributed by atoms with Crippen LogP contribution in [-0.4, -0.2) is 41.5 Å². The van der Waals surface area contributed by atoms with E-state index in [4.69, 9.17) is 9.47 Å². The van der Waals surface area contributed by atoms with Gasteiger partial charge in [0, 0.05) is 38.0 Å². The van der Waals surface area contributed by atoms with E-state index in [9.17, 15) is 4.79 Å². The van der Waals surface area contributed by atoms with Crippen molar-refractivity contribution >= 4 is 6.03 Å². The number of hydrogen-bond acceptors (Lipinski definition) is 4. The molecule has 25 heavy (non-hydrogen) atoms. The minimum Gasteiger partial charge on any atom is -0.493 e. The van der Waals surface area contributed by atoms with Gasteiger partial charge in [-0.1, -0.05) is 19.1 Å². The molecule has 7 nitrogen and oxygen atoms in total. The van der Waals surface area contributed by atoms with Crippen LogP contribution in [0.2, 0.25) is 0 Å². The molecule has 0 fully saturated rings. The molecule has 2 amide bonds. The molecule has 1 N–H and O–H groups in total. The van der Waals surface area contributed by atoms with Gasteiger partial charge in [-0.2, -0.15) is 5.10 Å². The van der Waals surface area contributed by atoms with E-state index in [-0.39, 0.29) is 6.03 Å². The van der Waals surface area contributed by atoms with Crippen LogP contribution < -0.4 is 14.8 Å². The van der Waals surface area contributed by atoms with Crippen molar-refractivity contribution in [3.8, 4) is 11.5 Å². The molecule has 0 radical (unpaired) electrons. The van der Waals surface area contributed by atoms with E-state index in [1.54, 1.807) is 29.9 Å². The molecular formula is C18H26N4O3. The van der Waals surface area contributed by atoms with Crippen LogP contribution in [0.4, 0.5) is 4.79 Å². The Hall–Kier alpha value is -2.70. The SMILES string of the molecule is CCCOc1c(CNC(=O)N(C)Cc2cnn(C)c2)cccc1OC. The molecule has 0 aliphatic heterocycles. The summed E-state index contributed by atoms with van der Waals surface area (Å²) in [6, 6.07) is 5.51. The average Bonchev–Trinajstić information content (AvgIpc) is 3.02. The standard InChI is InChI=1S/C18H26N4O3/c1-5-9-25-17-15(7-6-8-16(17)24-4)11-19-18(23)21(2)12-14-10-20-22(3)13-14/h6-8,10,13H,5,9,11-12H2,1-4H3,(H,19,23). The van der Waals surface area contributed by atoms with E-state index in [1.165, 1.54) is 0 Å². The van der Waals surface area contributed by atoms with Crippen molar-refractivity contribution in [2.45, 2.75) is 26.4 Å². The Morgan fingerprint density at radius 2 is 2.20 bits per heavy atom. The van der Waals surface area contributed by atoms with Gasteiger partial charge in [0.2, 0.25) is 0 Å². The van der Waals surface area contributed by atoms with E-state index in [0.717, 1.165) is 17.5 Å². The van der Waals surface area contributed by atoms with E-state index in [2.05, 4.69) is 10.4 Å². The third kappa shape index (κ3) is 5.14. The van der Waals surface area contributed by atoms with Crippen molar-refractivity contribution in [2.75, 3.05) is 20.8 Å². The molecule has 0 bridgehead atoms. The predicted octanol–water partition coefficient (Wildman–Crippen LogP) is 2.56. The highest BCUT2D eigenvalue weighted by atomic mass is 16.5. The summed E-state index contributed by atoms with van der Waals surface area (Å²) in [5.41, 5.74) is 1.87. The molecule has 0 spiro atoms. The summed E-state index contributed by atoms with van der Waals surface area (Å²) in [5.74, 6) is 1.35. The first-order valence-corrected chi connectivity index (χ1v) is 8.30. The zero-order valence-corrected chi connectivity index (χ0v) is 15.3. The highest BCUT2D eigenvalue weighted by Crippen LogP contribution is 2.31. The number of nitrogens with one attached hydrogen (secondary N) is 1. The van der Waals surface area contributed by atoms with Crippen LogP contribution in [0.25, 0.3) is 0 Å². The Kier molecular flexibility index (Phi) is 6.68. The second-order valence-electron chi connectivity index (χ2n) is 5.83. The van der Waals surface area contributed by atoms with Gasteiger partial charge in [-0.05, 0) is 12.5 Å². The zero-order valence-electron chi connectivity index (χ0n) is 15.3. The van der Waals surface area contributed by atoms with Crippen molar-refractivity contribution in [1.82, 2.24) is 20.0 Å². The third-order valence-corrected chi connectivity index (χ3v) is 3.69. The number of urea groups is 1. The van der Waals surface area contributed by atoms with Crippen LogP contribution in [0.15, 0.2) is 30.6 Å². The van der Waals surface area contributed by atoms with Gasteiger partial charge in [0.25, 0.3) is 0 Å². The first kappa shape index (κ1) is 18.6. The second kappa shape index (κ2) is 8.96. The summed E-state index contributed by atoms with van der Waals surface area (Å²) in [6.07, 6.45) is 4.54. The topological polar surface area (TPSA) is 68.6 Å². The molecule has 2 rings (SSSR count). The van der Waals surface area contributed by atoms with Gasteiger partial charge in [-0.15, -0.1) is 0 Å². The number of rotatable bonds is 8. The second-order valence-corrected chi connectivity index (χ2v) is 5.83. The summed E-state index contributed by atoms with van der Waals surface area (Å²) < 4.78 is 12.9. The Labute approximate surface area is 148 Å². The molecule has 1 heterocycles. The molecule has 0 aliphatic rings. The van der Waals surface area contributed by atoms with E-state index >= 15 is 0 Å². The molecule has 0 atom stereocenters. The number of ether oxygens (including phenoxy) is 2. The zero-order chi connectivity index (χ0) is 18.2. The summed E-state index contributed by atoms with van der Waals surface area (Å²) in [6.45, 7) is 3.51. The van der Waals surface area contributed by atoms with Crippen molar-refractivity contribution in [3.05, 3.63) is 41.7 Å². The van der Waals surface area contributed by atoms with Crippen LogP contribution in [0.1, 0.15) is 24.5 Å². The first-order chi connectivity index (χ1) is 12.0. The van der Waals surface area contributed by atoms with E-state index < -0.39 is 0 Å². The Morgan fingerprint density at radius 1 is 1.40 bits per heavy atom. The molecule has 0 saturated carbocycles. The smallest absolute Gasteiger partial charge is 0.317 e. The normalized spacial score (nSPS) is 10.4. The highest BCUT2D eigenvalue weighted by Gasteiger charge is 2.14. The molecule has 0 unspecified atom stereocenters. The van der Waals surface area contributed by atoms with Gasteiger partial charge < -0.3 is 19.7 Å². The van der Waals surface area contributed by atoms with Crippen molar-refractivity contribution < 1.29 is 14.3 Å². The van der Waals surface area contributed by atoms with Gasteiger partial charge in [0.05, 0.1) is 26.5 Å². The predicted molar refractivity (Wildman–Crippen MR) is 95.7 cm³/mol. The van der Waals surface area contributed by atoms with Crippen LogP contribution in [0.3, 0.4) is 0 Å². The van der Waals surface area contributed by atoms with Crippen molar-refractivity contribution in [2.24, 2.45) is 7.05 Å². The number of hydrogen-bond donors (Lipinski definition) is 1. The quantitative estimate of drug-likeness (QED) is 0.798. The number of amides is 2. The number of carbonyl (C=O) groups excluding carboxylic acids is 1. The number of methoxy groups -OCH3 is 1. The molecule has 136 valence electrons. The average molecular weight is 346 g/mol. The fourth-order valence-electron chi connectivity index (χ4n) is 2.43. The third-order valence-electron chi connectivity index (χ3n) is 3.69. The number of aryl methyl sites for hydroxylation is 1. The van der Waals surface area contributed by atoms with Gasteiger partial charge >= 0.3 is 6.03 Å². The highest BCUT2D eigenvalue weighted by molar-refractivity contribution is 5.74. The van der Waals surface area contributed by atoms with Crippen LogP contribution in [-0.2, 0) is 20.1 Å². The molecule has 7 heteroatoms. The molecule has 1 aromatic heterocycles. The number of para-hydroxylation sites is 1. The Balaban J connectivity index is 1.98. The molecule has 0 saturated heterocycles. The number of nitrogens with zero attached hydrogens (tertiary/aromatic N) is 3. The summed E-state index contributed by atoms with van der Waals surface area (Å²) in [7, 11) is 5.21. The van der Waals surface area contributed by atoms with Crippen LogP contribution in [0, 0.1) is 0 Å². The Bertz CT molecular complexity index is 699. The lowest BCUT2D eigenvalue weighted by Crippen LogP contribution is -2.36. The maximum absolute atomic E-state index is 12.3. The molecule has 0 aliphatic carbocycles. The van der Waals surface area contributed by atoms with Gasteiger partial charge in [-0.25, -0.2) is 4.79 Å². The van der Waals surface area contributed by atoms with Crippen LogP contribution in [0.5, 0.6) is 11.5 Å². The maximum atomic E-state index is 12.3. The lowest BCUT2D eigenvalue weighted by molar-refractivity contribution is 0.206. The van der Waals surface area contributed by atoms with Crippen molar-refractivity contribution in [1.29, 1.82) is 0 Å². The summed E-state index contributed by atoms with van der Waals surface area (Å²) >= 11 is 0. The van der Waals surface area contributed by atoms with E-state index in [1.807, 2.05) is 38.4 Å². The first-order valence-electron chi connectivity index (χ1n) is 8.30. The van der Waals surface area contributed by atoms with Crippen molar-refractivity contribution in [3.63, 3.8) is 0 Å². The minimum absolute atomic E-state index is 0.159. The van der Waals surface area contributed by atoms with Gasteiger partial charge in [0.15, 0.2) is 11.5 Å².